The Morgan fingerprint density at radius 3 is 2.00 bits per heavy atom. The van der Waals surface area contributed by atoms with E-state index in [2.05, 4.69) is 13.8 Å². The van der Waals surface area contributed by atoms with Crippen LogP contribution in [0, 0.1) is 5.41 Å². The van der Waals surface area contributed by atoms with Gasteiger partial charge < -0.3 is 19.7 Å². The predicted octanol–water partition coefficient (Wildman–Crippen LogP) is 6.91. The van der Waals surface area contributed by atoms with E-state index < -0.39 is 0 Å². The number of allylic oxidation sites excluding steroid dienone is 5. The Balaban J connectivity index is -0.000000589. The highest BCUT2D eigenvalue weighted by Gasteiger charge is 2.02. The van der Waals surface area contributed by atoms with Crippen LogP contribution >= 0.6 is 0 Å². The van der Waals surface area contributed by atoms with Crippen molar-refractivity contribution < 1.29 is 14.3 Å². The Morgan fingerprint density at radius 2 is 1.57 bits per heavy atom. The van der Waals surface area contributed by atoms with Crippen molar-refractivity contribution >= 4 is 18.6 Å². The molecule has 0 fully saturated rings. The van der Waals surface area contributed by atoms with Crippen LogP contribution in [0.4, 0.5) is 0 Å². The topological polar surface area (TPSA) is 59.4 Å². The fourth-order valence-corrected chi connectivity index (χ4v) is 1.50. The summed E-state index contributed by atoms with van der Waals surface area (Å²) in [6.45, 7) is 11.8. The van der Waals surface area contributed by atoms with Crippen molar-refractivity contribution in [3.8, 4) is 11.5 Å². The van der Waals surface area contributed by atoms with Gasteiger partial charge in [-0.15, -0.1) is 0 Å². The summed E-state index contributed by atoms with van der Waals surface area (Å²) in [6, 6.07) is 5.78. The molecule has 0 aliphatic rings. The van der Waals surface area contributed by atoms with Crippen LogP contribution in [-0.4, -0.2) is 26.7 Å². The van der Waals surface area contributed by atoms with E-state index in [0.717, 1.165) is 28.9 Å². The molecule has 158 valence electrons. The van der Waals surface area contributed by atoms with Gasteiger partial charge in [0.05, 0.1) is 14.2 Å². The second-order valence-electron chi connectivity index (χ2n) is 5.15. The number of carbonyl (C=O) groups excluding carboxylic acids is 1. The Labute approximate surface area is 172 Å². The lowest BCUT2D eigenvalue weighted by Crippen LogP contribution is -1.90. The van der Waals surface area contributed by atoms with Crippen molar-refractivity contribution in [2.24, 2.45) is 0 Å². The third-order valence-electron chi connectivity index (χ3n) is 3.01. The van der Waals surface area contributed by atoms with Gasteiger partial charge in [0.2, 0.25) is 0 Å². The van der Waals surface area contributed by atoms with Gasteiger partial charge in [0.1, 0.15) is 6.29 Å². The molecule has 1 rings (SSSR count). The minimum absolute atomic E-state index is 0.718. The summed E-state index contributed by atoms with van der Waals surface area (Å²) >= 11 is 0. The molecular weight excluding hydrogens is 350 g/mol. The van der Waals surface area contributed by atoms with E-state index in [1.807, 2.05) is 63.3 Å². The van der Waals surface area contributed by atoms with Crippen molar-refractivity contribution in [2.75, 3.05) is 14.2 Å². The Morgan fingerprint density at radius 1 is 1.04 bits per heavy atom. The number of unbranched alkanes of at least 4 members (excludes halogenated alkanes) is 1. The summed E-state index contributed by atoms with van der Waals surface area (Å²) in [5, 5.41) is 6.88. The van der Waals surface area contributed by atoms with Crippen molar-refractivity contribution in [2.45, 2.75) is 54.4 Å². The second-order valence-corrected chi connectivity index (χ2v) is 5.15. The van der Waals surface area contributed by atoms with E-state index in [4.69, 9.17) is 19.7 Å². The van der Waals surface area contributed by atoms with Crippen LogP contribution in [0.1, 0.15) is 59.9 Å². The molecule has 0 aliphatic carbocycles. The lowest BCUT2D eigenvalue weighted by molar-refractivity contribution is -0.106. The van der Waals surface area contributed by atoms with Gasteiger partial charge in [0, 0.05) is 6.21 Å². The fourth-order valence-electron chi connectivity index (χ4n) is 1.50. The summed E-state index contributed by atoms with van der Waals surface area (Å²) in [5.41, 5.74) is 2.15. The highest BCUT2D eigenvalue weighted by Crippen LogP contribution is 2.28. The lowest BCUT2D eigenvalue weighted by atomic mass is 10.1. The van der Waals surface area contributed by atoms with E-state index in [9.17, 15) is 0 Å². The van der Waals surface area contributed by atoms with Gasteiger partial charge in [-0.25, -0.2) is 0 Å². The highest BCUT2D eigenvalue weighted by atomic mass is 16.5. The van der Waals surface area contributed by atoms with Crippen molar-refractivity contribution in [1.29, 1.82) is 5.41 Å². The minimum atomic E-state index is 0.718. The zero-order chi connectivity index (χ0) is 22.2. The van der Waals surface area contributed by atoms with Crippen LogP contribution < -0.4 is 9.47 Å². The molecule has 1 aromatic carbocycles. The van der Waals surface area contributed by atoms with Gasteiger partial charge >= 0.3 is 0 Å². The number of aldehydes is 1. The maximum atomic E-state index is 8.81. The van der Waals surface area contributed by atoms with Gasteiger partial charge in [-0.1, -0.05) is 76.5 Å². The van der Waals surface area contributed by atoms with Crippen LogP contribution in [0.15, 0.2) is 48.1 Å². The van der Waals surface area contributed by atoms with E-state index in [1.165, 1.54) is 26.0 Å². The number of benzene rings is 1. The average molecular weight is 390 g/mol. The van der Waals surface area contributed by atoms with Gasteiger partial charge in [-0.2, -0.15) is 0 Å². The van der Waals surface area contributed by atoms with Crippen LogP contribution in [0.25, 0.3) is 6.08 Å². The first-order valence-electron chi connectivity index (χ1n) is 9.68. The van der Waals surface area contributed by atoms with E-state index in [0.29, 0.717) is 0 Å². The number of nitrogens with one attached hydrogen (secondary N) is 1. The molecule has 4 heteroatoms. The van der Waals surface area contributed by atoms with E-state index in [-0.39, 0.29) is 0 Å². The molecule has 0 aliphatic heterocycles. The smallest absolute Gasteiger partial charge is 0.161 e. The first-order chi connectivity index (χ1) is 13.5. The quantitative estimate of drug-likeness (QED) is 0.313. The van der Waals surface area contributed by atoms with Crippen LogP contribution in [0.5, 0.6) is 11.5 Å². The summed E-state index contributed by atoms with van der Waals surface area (Å²) in [5.74, 6) is 1.44. The number of ether oxygens (including phenoxy) is 2. The van der Waals surface area contributed by atoms with Crippen LogP contribution in [0.3, 0.4) is 0 Å². The normalized spacial score (nSPS) is 9.93. The molecule has 0 atom stereocenters. The number of hydrogen-bond donors (Lipinski definition) is 1. The van der Waals surface area contributed by atoms with Crippen molar-refractivity contribution in [3.63, 3.8) is 0 Å². The van der Waals surface area contributed by atoms with Gasteiger partial charge in [-0.05, 0) is 37.6 Å². The van der Waals surface area contributed by atoms with Crippen LogP contribution in [0.2, 0.25) is 0 Å². The molecule has 0 amide bonds. The molecule has 0 unspecified atom stereocenters. The zero-order valence-corrected chi connectivity index (χ0v) is 18.9. The first-order valence-corrected chi connectivity index (χ1v) is 9.68. The maximum absolute atomic E-state index is 8.81. The third-order valence-corrected chi connectivity index (χ3v) is 3.01. The van der Waals surface area contributed by atoms with E-state index in [1.54, 1.807) is 20.3 Å². The Bertz CT molecular complexity index is 586. The highest BCUT2D eigenvalue weighted by molar-refractivity contribution is 5.68. The largest absolute Gasteiger partial charge is 0.493 e. The maximum Gasteiger partial charge on any atom is 0.161 e. The number of hydrogen-bond acceptors (Lipinski definition) is 4. The Hall–Kier alpha value is -2.62. The van der Waals surface area contributed by atoms with Gasteiger partial charge in [0.25, 0.3) is 0 Å². The van der Waals surface area contributed by atoms with Gasteiger partial charge in [0.15, 0.2) is 11.5 Å². The molecule has 1 aromatic rings. The molecular formula is C24H39NO3. The summed E-state index contributed by atoms with van der Waals surface area (Å²) in [4.78, 5) is 8.81. The molecule has 0 aromatic heterocycles. The molecule has 28 heavy (non-hydrogen) atoms. The lowest BCUT2D eigenvalue weighted by Gasteiger charge is -2.07. The SMILES string of the molecule is CC.CC=O.CCCC.COc1ccc(/C=C/C(C)=C/C=C\C=N)cc1OC. The molecule has 0 saturated carbocycles. The fraction of sp³-hybridized carbons (Fsp3) is 0.417. The average Bonchev–Trinajstić information content (AvgIpc) is 2.74. The molecule has 1 N–H and O–H groups in total. The molecule has 0 radical (unpaired) electrons. The molecule has 0 saturated heterocycles. The van der Waals surface area contributed by atoms with Crippen LogP contribution in [-0.2, 0) is 4.79 Å². The summed E-state index contributed by atoms with van der Waals surface area (Å²) in [6.07, 6.45) is 14.1. The third kappa shape index (κ3) is 18.2. The molecule has 0 bridgehead atoms. The molecule has 4 nitrogen and oxygen atoms in total. The molecule has 0 spiro atoms. The van der Waals surface area contributed by atoms with E-state index >= 15 is 0 Å². The first kappa shape index (κ1) is 30.1. The predicted molar refractivity (Wildman–Crippen MR) is 124 cm³/mol. The van der Waals surface area contributed by atoms with Crippen molar-refractivity contribution in [1.82, 2.24) is 0 Å². The standard InChI is InChI=1S/C16H19NO2.C4H10.C2H4O.C2H6/c1-13(6-4-5-11-17)7-8-14-9-10-15(18-2)16(12-14)19-3;1-3-4-2;1-2-3;1-2/h4-12,17H,1-3H3;3-4H2,1-2H3;2H,1H3;1-2H3/b5-4-,8-7+,13-6+,17-11?;;;. The summed E-state index contributed by atoms with van der Waals surface area (Å²) < 4.78 is 10.4. The number of methoxy groups -OCH3 is 2. The van der Waals surface area contributed by atoms with Crippen molar-refractivity contribution in [3.05, 3.63) is 53.6 Å². The van der Waals surface area contributed by atoms with Gasteiger partial charge in [-0.3, -0.25) is 0 Å². The minimum Gasteiger partial charge on any atom is -0.493 e. The number of carbonyl (C=O) groups is 1. The summed E-state index contributed by atoms with van der Waals surface area (Å²) in [7, 11) is 3.24. The number of rotatable bonds is 7. The zero-order valence-electron chi connectivity index (χ0n) is 18.9. The Kier molecular flexibility index (Phi) is 26.2. The monoisotopic (exact) mass is 389 g/mol. The second kappa shape index (κ2) is 24.4. The molecule has 0 heterocycles.